The molecule has 0 aliphatic rings. The molecule has 1 amide bonds. The minimum absolute atomic E-state index is 0.323. The van der Waals surface area contributed by atoms with Crippen molar-refractivity contribution in [2.75, 3.05) is 5.32 Å². The fourth-order valence-corrected chi connectivity index (χ4v) is 3.59. The largest absolute Gasteiger partial charge is 0.362 e. The van der Waals surface area contributed by atoms with Crippen molar-refractivity contribution in [3.05, 3.63) is 100 Å². The Kier molecular flexibility index (Phi) is 7.78. The van der Waals surface area contributed by atoms with E-state index in [1.54, 1.807) is 18.2 Å². The van der Waals surface area contributed by atoms with Crippen LogP contribution in [-0.2, 0) is 4.79 Å². The Bertz CT molecular complexity index is 954. The molecule has 0 saturated carbocycles. The number of amides is 1. The summed E-state index contributed by atoms with van der Waals surface area (Å²) < 4.78 is -1.83. The van der Waals surface area contributed by atoms with Crippen LogP contribution in [0.1, 0.15) is 17.0 Å². The second kappa shape index (κ2) is 10.1. The fourth-order valence-electron chi connectivity index (χ4n) is 2.96. The van der Waals surface area contributed by atoms with E-state index in [0.717, 1.165) is 11.1 Å². The molecule has 2 N–H and O–H groups in total. The van der Waals surface area contributed by atoms with Crippen LogP contribution in [0.15, 0.2) is 78.9 Å². The Morgan fingerprint density at radius 2 is 1.30 bits per heavy atom. The van der Waals surface area contributed by atoms with Crippen LogP contribution in [0.3, 0.4) is 0 Å². The number of rotatable bonds is 6. The third kappa shape index (κ3) is 5.96. The Labute approximate surface area is 200 Å². The standard InChI is InChI=1S/C22H17Cl5N2O/c23-17-12-11-16(13-18(17)24)28-21(22(25,26)27)29-20(30)19(14-7-3-1-4-8-14)15-9-5-2-6-10-15/h1-13,19,21,28H,(H,29,30)/t21-/m1/s1. The third-order valence-electron chi connectivity index (χ3n) is 4.37. The Morgan fingerprint density at radius 1 is 0.767 bits per heavy atom. The molecule has 0 saturated heterocycles. The van der Waals surface area contributed by atoms with E-state index in [-0.39, 0.29) is 5.91 Å². The van der Waals surface area contributed by atoms with Crippen molar-refractivity contribution in [3.8, 4) is 0 Å². The highest BCUT2D eigenvalue weighted by atomic mass is 35.6. The molecule has 3 rings (SSSR count). The topological polar surface area (TPSA) is 41.1 Å². The average molecular weight is 503 g/mol. The average Bonchev–Trinajstić information content (AvgIpc) is 2.71. The quantitative estimate of drug-likeness (QED) is 0.280. The van der Waals surface area contributed by atoms with Gasteiger partial charge in [0.2, 0.25) is 9.70 Å². The van der Waals surface area contributed by atoms with Gasteiger partial charge in [-0.05, 0) is 29.3 Å². The number of carbonyl (C=O) groups is 1. The van der Waals surface area contributed by atoms with E-state index in [1.165, 1.54) is 0 Å². The Hall–Kier alpha value is -1.62. The minimum atomic E-state index is -1.83. The summed E-state index contributed by atoms with van der Waals surface area (Å²) in [5, 5.41) is 6.55. The normalized spacial score (nSPS) is 12.5. The molecule has 0 heterocycles. The Balaban J connectivity index is 1.89. The van der Waals surface area contributed by atoms with Crippen LogP contribution < -0.4 is 10.6 Å². The van der Waals surface area contributed by atoms with Crippen LogP contribution in [-0.4, -0.2) is 15.9 Å². The predicted octanol–water partition coefficient (Wildman–Crippen LogP) is 7.05. The van der Waals surface area contributed by atoms with Crippen molar-refractivity contribution in [2.24, 2.45) is 0 Å². The molecule has 1 atom stereocenters. The van der Waals surface area contributed by atoms with Gasteiger partial charge in [0.25, 0.3) is 0 Å². The highest BCUT2D eigenvalue weighted by molar-refractivity contribution is 6.68. The monoisotopic (exact) mass is 500 g/mol. The number of carbonyl (C=O) groups excluding carboxylic acids is 1. The summed E-state index contributed by atoms with van der Waals surface area (Å²) in [7, 11) is 0. The lowest BCUT2D eigenvalue weighted by Gasteiger charge is -2.29. The number of nitrogens with one attached hydrogen (secondary N) is 2. The zero-order valence-corrected chi connectivity index (χ0v) is 19.2. The first-order valence-corrected chi connectivity index (χ1v) is 10.8. The molecule has 3 aromatic rings. The third-order valence-corrected chi connectivity index (χ3v) is 5.77. The molecule has 0 aromatic heterocycles. The lowest BCUT2D eigenvalue weighted by molar-refractivity contribution is -0.122. The molecule has 3 aromatic carbocycles. The summed E-state index contributed by atoms with van der Waals surface area (Å²) in [6.45, 7) is 0. The van der Waals surface area contributed by atoms with Crippen molar-refractivity contribution in [1.82, 2.24) is 5.32 Å². The summed E-state index contributed by atoms with van der Waals surface area (Å²) in [6.07, 6.45) is -1.03. The smallest absolute Gasteiger partial charge is 0.233 e. The van der Waals surface area contributed by atoms with Gasteiger partial charge in [-0.2, -0.15) is 0 Å². The molecular formula is C22H17Cl5N2O. The fraction of sp³-hybridized carbons (Fsp3) is 0.136. The van der Waals surface area contributed by atoms with E-state index in [2.05, 4.69) is 10.6 Å². The van der Waals surface area contributed by atoms with Crippen molar-refractivity contribution in [3.63, 3.8) is 0 Å². The van der Waals surface area contributed by atoms with Gasteiger partial charge in [-0.3, -0.25) is 4.79 Å². The second-order valence-corrected chi connectivity index (χ2v) is 9.69. The molecule has 0 aliphatic heterocycles. The zero-order chi connectivity index (χ0) is 21.7. The number of benzene rings is 3. The van der Waals surface area contributed by atoms with Crippen LogP contribution in [0.4, 0.5) is 5.69 Å². The van der Waals surface area contributed by atoms with Gasteiger partial charge in [0.15, 0.2) is 0 Å². The summed E-state index contributed by atoms with van der Waals surface area (Å²) in [5.74, 6) is -0.908. The lowest BCUT2D eigenvalue weighted by Crippen LogP contribution is -2.50. The first-order valence-electron chi connectivity index (χ1n) is 8.94. The van der Waals surface area contributed by atoms with Gasteiger partial charge >= 0.3 is 0 Å². The van der Waals surface area contributed by atoms with Gasteiger partial charge < -0.3 is 10.6 Å². The van der Waals surface area contributed by atoms with Crippen LogP contribution in [0.25, 0.3) is 0 Å². The number of alkyl halides is 3. The van der Waals surface area contributed by atoms with Crippen LogP contribution in [0.2, 0.25) is 10.0 Å². The van der Waals surface area contributed by atoms with Crippen LogP contribution in [0, 0.1) is 0 Å². The van der Waals surface area contributed by atoms with Crippen LogP contribution >= 0.6 is 58.0 Å². The SMILES string of the molecule is O=C(N[C@@H](Nc1ccc(Cl)c(Cl)c1)C(Cl)(Cl)Cl)C(c1ccccc1)c1ccccc1. The van der Waals surface area contributed by atoms with Gasteiger partial charge in [-0.15, -0.1) is 0 Å². The van der Waals surface area contributed by atoms with Gasteiger partial charge in [-0.25, -0.2) is 0 Å². The number of halogens is 5. The lowest BCUT2D eigenvalue weighted by atomic mass is 9.90. The van der Waals surface area contributed by atoms with Gasteiger partial charge in [0.05, 0.1) is 16.0 Å². The van der Waals surface area contributed by atoms with Gasteiger partial charge in [0, 0.05) is 5.69 Å². The van der Waals surface area contributed by atoms with E-state index < -0.39 is 15.9 Å². The molecule has 0 radical (unpaired) electrons. The summed E-state index contributed by atoms with van der Waals surface area (Å²) >= 11 is 30.5. The van der Waals surface area contributed by atoms with E-state index in [4.69, 9.17) is 58.0 Å². The molecular weight excluding hydrogens is 486 g/mol. The van der Waals surface area contributed by atoms with Crippen LogP contribution in [0.5, 0.6) is 0 Å². The summed E-state index contributed by atoms with van der Waals surface area (Å²) in [6, 6.07) is 23.7. The van der Waals surface area contributed by atoms with Crippen molar-refractivity contribution in [1.29, 1.82) is 0 Å². The maximum absolute atomic E-state index is 13.3. The molecule has 0 fully saturated rings. The molecule has 0 bridgehead atoms. The first kappa shape index (κ1) is 23.1. The molecule has 30 heavy (non-hydrogen) atoms. The molecule has 0 spiro atoms. The van der Waals surface area contributed by atoms with Crippen molar-refractivity contribution in [2.45, 2.75) is 15.9 Å². The summed E-state index contributed by atoms with van der Waals surface area (Å²) in [5.41, 5.74) is 2.18. The number of hydrogen-bond acceptors (Lipinski definition) is 2. The van der Waals surface area contributed by atoms with E-state index in [9.17, 15) is 4.79 Å². The van der Waals surface area contributed by atoms with Gasteiger partial charge in [-0.1, -0.05) is 119 Å². The Morgan fingerprint density at radius 3 is 1.77 bits per heavy atom. The highest BCUT2D eigenvalue weighted by Crippen LogP contribution is 2.34. The highest BCUT2D eigenvalue weighted by Gasteiger charge is 2.36. The predicted molar refractivity (Wildman–Crippen MR) is 127 cm³/mol. The summed E-state index contributed by atoms with van der Waals surface area (Å²) in [4.78, 5) is 13.3. The zero-order valence-electron chi connectivity index (χ0n) is 15.5. The molecule has 156 valence electrons. The van der Waals surface area contributed by atoms with E-state index >= 15 is 0 Å². The molecule has 0 unspecified atom stereocenters. The maximum Gasteiger partial charge on any atom is 0.233 e. The molecule has 0 aliphatic carbocycles. The maximum atomic E-state index is 13.3. The van der Waals surface area contributed by atoms with Gasteiger partial charge in [0.1, 0.15) is 6.17 Å². The molecule has 8 heteroatoms. The van der Waals surface area contributed by atoms with Crippen molar-refractivity contribution < 1.29 is 4.79 Å². The minimum Gasteiger partial charge on any atom is -0.362 e. The second-order valence-electron chi connectivity index (χ2n) is 6.51. The van der Waals surface area contributed by atoms with E-state index in [1.807, 2.05) is 60.7 Å². The number of anilines is 1. The van der Waals surface area contributed by atoms with Crippen molar-refractivity contribution >= 4 is 69.6 Å². The molecule has 3 nitrogen and oxygen atoms in total. The van der Waals surface area contributed by atoms with E-state index in [0.29, 0.717) is 15.7 Å². The number of hydrogen-bond donors (Lipinski definition) is 2. The first-order chi connectivity index (χ1) is 14.3.